The first-order chi connectivity index (χ1) is 4.25. The van der Waals surface area contributed by atoms with E-state index in [0.717, 1.165) is 5.92 Å². The molecule has 0 radical (unpaired) electrons. The van der Waals surface area contributed by atoms with Gasteiger partial charge in [-0.15, -0.1) is 0 Å². The molecule has 0 amide bonds. The number of hydrogen-bond acceptors (Lipinski definition) is 0. The smallest absolute Gasteiger partial charge is 0.0188 e. The van der Waals surface area contributed by atoms with Gasteiger partial charge in [0.1, 0.15) is 0 Å². The van der Waals surface area contributed by atoms with Crippen LogP contribution in [0, 0.1) is 5.92 Å². The average Bonchev–Trinajstić information content (AvgIpc) is 2.12. The summed E-state index contributed by atoms with van der Waals surface area (Å²) in [5, 5.41) is 0. The van der Waals surface area contributed by atoms with E-state index in [1.807, 2.05) is 6.08 Å². The monoisotopic (exact) mass is 122 g/mol. The Morgan fingerprint density at radius 1 is 1.67 bits per heavy atom. The SMILES string of the molecule is C=CC1=C(C)CCC1C. The molecule has 0 aromatic rings. The van der Waals surface area contributed by atoms with Crippen LogP contribution in [-0.4, -0.2) is 0 Å². The molecule has 0 aromatic carbocycles. The van der Waals surface area contributed by atoms with Gasteiger partial charge in [-0.1, -0.05) is 25.2 Å². The Balaban J connectivity index is 2.81. The van der Waals surface area contributed by atoms with Crippen LogP contribution in [0.25, 0.3) is 0 Å². The molecule has 0 nitrogen and oxygen atoms in total. The highest BCUT2D eigenvalue weighted by atomic mass is 14.2. The second kappa shape index (κ2) is 2.38. The van der Waals surface area contributed by atoms with Crippen LogP contribution in [0.1, 0.15) is 26.7 Å². The standard InChI is InChI=1S/C9H14/c1-4-9-7(2)5-6-8(9)3/h4,7H,1,5-6H2,2-3H3. The molecule has 1 atom stereocenters. The van der Waals surface area contributed by atoms with E-state index in [2.05, 4.69) is 20.4 Å². The van der Waals surface area contributed by atoms with E-state index in [0.29, 0.717) is 0 Å². The first-order valence-corrected chi connectivity index (χ1v) is 3.57. The molecule has 0 heteroatoms. The van der Waals surface area contributed by atoms with Crippen LogP contribution in [-0.2, 0) is 0 Å². The molecule has 9 heavy (non-hydrogen) atoms. The van der Waals surface area contributed by atoms with Crippen molar-refractivity contribution in [2.45, 2.75) is 26.7 Å². The number of hydrogen-bond donors (Lipinski definition) is 0. The van der Waals surface area contributed by atoms with Crippen molar-refractivity contribution < 1.29 is 0 Å². The predicted molar refractivity (Wildman–Crippen MR) is 41.3 cm³/mol. The molecule has 0 heterocycles. The third-order valence-electron chi connectivity index (χ3n) is 2.20. The van der Waals surface area contributed by atoms with E-state index in [-0.39, 0.29) is 0 Å². The van der Waals surface area contributed by atoms with Gasteiger partial charge in [0.15, 0.2) is 0 Å². The highest BCUT2D eigenvalue weighted by Crippen LogP contribution is 2.31. The Labute approximate surface area is 57.3 Å². The fraction of sp³-hybridized carbons (Fsp3) is 0.556. The maximum atomic E-state index is 3.79. The summed E-state index contributed by atoms with van der Waals surface area (Å²) < 4.78 is 0. The van der Waals surface area contributed by atoms with Crippen molar-refractivity contribution in [3.8, 4) is 0 Å². The molecule has 0 aliphatic heterocycles. The van der Waals surface area contributed by atoms with E-state index in [1.54, 1.807) is 0 Å². The third kappa shape index (κ3) is 1.07. The van der Waals surface area contributed by atoms with Crippen LogP contribution in [0.2, 0.25) is 0 Å². The summed E-state index contributed by atoms with van der Waals surface area (Å²) in [5.74, 6) is 0.766. The quantitative estimate of drug-likeness (QED) is 0.501. The van der Waals surface area contributed by atoms with Crippen molar-refractivity contribution in [1.82, 2.24) is 0 Å². The van der Waals surface area contributed by atoms with Gasteiger partial charge in [-0.25, -0.2) is 0 Å². The van der Waals surface area contributed by atoms with Crippen molar-refractivity contribution in [3.05, 3.63) is 23.8 Å². The van der Waals surface area contributed by atoms with E-state index >= 15 is 0 Å². The van der Waals surface area contributed by atoms with Crippen molar-refractivity contribution in [2.24, 2.45) is 5.92 Å². The minimum Gasteiger partial charge on any atom is -0.0988 e. The van der Waals surface area contributed by atoms with Gasteiger partial charge in [-0.3, -0.25) is 0 Å². The lowest BCUT2D eigenvalue weighted by Crippen LogP contribution is -1.87. The summed E-state index contributed by atoms with van der Waals surface area (Å²) in [6, 6.07) is 0. The van der Waals surface area contributed by atoms with Crippen LogP contribution in [0.5, 0.6) is 0 Å². The molecule has 0 bridgehead atoms. The predicted octanol–water partition coefficient (Wildman–Crippen LogP) is 2.92. The van der Waals surface area contributed by atoms with Crippen LogP contribution >= 0.6 is 0 Å². The maximum absolute atomic E-state index is 3.79. The zero-order valence-corrected chi connectivity index (χ0v) is 6.28. The Hall–Kier alpha value is -0.520. The molecule has 0 spiro atoms. The molecule has 0 N–H and O–H groups in total. The third-order valence-corrected chi connectivity index (χ3v) is 2.20. The minimum absolute atomic E-state index is 0.766. The average molecular weight is 122 g/mol. The van der Waals surface area contributed by atoms with Crippen LogP contribution in [0.15, 0.2) is 23.8 Å². The Morgan fingerprint density at radius 2 is 2.33 bits per heavy atom. The second-order valence-electron chi connectivity index (χ2n) is 2.88. The van der Waals surface area contributed by atoms with Crippen LogP contribution in [0.3, 0.4) is 0 Å². The Morgan fingerprint density at radius 3 is 2.56 bits per heavy atom. The lowest BCUT2D eigenvalue weighted by atomic mass is 10.0. The summed E-state index contributed by atoms with van der Waals surface area (Å²) in [6.07, 6.45) is 4.61. The summed E-state index contributed by atoms with van der Waals surface area (Å²) in [6.45, 7) is 8.27. The van der Waals surface area contributed by atoms with Crippen molar-refractivity contribution in [2.75, 3.05) is 0 Å². The first kappa shape index (κ1) is 6.60. The highest BCUT2D eigenvalue weighted by molar-refractivity contribution is 5.29. The zero-order chi connectivity index (χ0) is 6.85. The minimum atomic E-state index is 0.766. The molecule has 1 rings (SSSR count). The topological polar surface area (TPSA) is 0 Å². The van der Waals surface area contributed by atoms with Gasteiger partial charge in [0, 0.05) is 0 Å². The van der Waals surface area contributed by atoms with Gasteiger partial charge in [-0.05, 0) is 31.3 Å². The summed E-state index contributed by atoms with van der Waals surface area (Å²) in [4.78, 5) is 0. The van der Waals surface area contributed by atoms with Gasteiger partial charge < -0.3 is 0 Å². The van der Waals surface area contributed by atoms with Crippen LogP contribution in [0.4, 0.5) is 0 Å². The molecule has 0 fully saturated rings. The van der Waals surface area contributed by atoms with Crippen molar-refractivity contribution >= 4 is 0 Å². The summed E-state index contributed by atoms with van der Waals surface area (Å²) >= 11 is 0. The van der Waals surface area contributed by atoms with Crippen molar-refractivity contribution in [1.29, 1.82) is 0 Å². The van der Waals surface area contributed by atoms with Crippen LogP contribution < -0.4 is 0 Å². The van der Waals surface area contributed by atoms with Gasteiger partial charge in [-0.2, -0.15) is 0 Å². The van der Waals surface area contributed by atoms with E-state index in [9.17, 15) is 0 Å². The number of allylic oxidation sites excluding steroid dienone is 3. The van der Waals surface area contributed by atoms with E-state index in [1.165, 1.54) is 24.0 Å². The van der Waals surface area contributed by atoms with E-state index < -0.39 is 0 Å². The van der Waals surface area contributed by atoms with Gasteiger partial charge in [0.2, 0.25) is 0 Å². The maximum Gasteiger partial charge on any atom is -0.0188 e. The van der Waals surface area contributed by atoms with Gasteiger partial charge >= 0.3 is 0 Å². The lowest BCUT2D eigenvalue weighted by Gasteiger charge is -2.01. The van der Waals surface area contributed by atoms with Gasteiger partial charge in [0.25, 0.3) is 0 Å². The molecule has 1 aliphatic rings. The second-order valence-corrected chi connectivity index (χ2v) is 2.88. The largest absolute Gasteiger partial charge is 0.0988 e. The Kier molecular flexibility index (Phi) is 1.75. The molecule has 1 unspecified atom stereocenters. The first-order valence-electron chi connectivity index (χ1n) is 3.57. The van der Waals surface area contributed by atoms with Gasteiger partial charge in [0.05, 0.1) is 0 Å². The van der Waals surface area contributed by atoms with E-state index in [4.69, 9.17) is 0 Å². The zero-order valence-electron chi connectivity index (χ0n) is 6.28. The normalized spacial score (nSPS) is 27.1. The molecular weight excluding hydrogens is 108 g/mol. The molecular formula is C9H14. The number of rotatable bonds is 1. The van der Waals surface area contributed by atoms with Crippen molar-refractivity contribution in [3.63, 3.8) is 0 Å². The lowest BCUT2D eigenvalue weighted by molar-refractivity contribution is 0.680. The fourth-order valence-electron chi connectivity index (χ4n) is 1.53. The Bertz CT molecular complexity index is 151. The summed E-state index contributed by atoms with van der Waals surface area (Å²) in [7, 11) is 0. The molecule has 0 saturated heterocycles. The summed E-state index contributed by atoms with van der Waals surface area (Å²) in [5.41, 5.74) is 3.02. The molecule has 0 saturated carbocycles. The molecule has 50 valence electrons. The highest BCUT2D eigenvalue weighted by Gasteiger charge is 2.15. The molecule has 0 aromatic heterocycles. The molecule has 1 aliphatic carbocycles. The fourth-order valence-corrected chi connectivity index (χ4v) is 1.53.